The van der Waals surface area contributed by atoms with Gasteiger partial charge in [0.05, 0.1) is 32.8 Å². The highest BCUT2D eigenvalue weighted by molar-refractivity contribution is 5.80. The molecule has 0 rings (SSSR count). The number of hydrogen-bond donors (Lipinski definition) is 3. The minimum Gasteiger partial charge on any atom is -0.481 e. The maximum absolute atomic E-state index is 11.9. The second-order valence-electron chi connectivity index (χ2n) is 11.0. The van der Waals surface area contributed by atoms with E-state index in [0.717, 1.165) is 38.5 Å². The fourth-order valence-electron chi connectivity index (χ4n) is 4.36. The van der Waals surface area contributed by atoms with Gasteiger partial charge < -0.3 is 25.2 Å². The number of carbonyl (C=O) groups excluding carboxylic acids is 2. The van der Waals surface area contributed by atoms with Crippen molar-refractivity contribution in [3.8, 4) is 23.7 Å². The van der Waals surface area contributed by atoms with Crippen molar-refractivity contribution in [1.29, 1.82) is 0 Å². The first-order valence-corrected chi connectivity index (χ1v) is 16.9. The molecule has 0 aliphatic heterocycles. The average Bonchev–Trinajstić information content (AvgIpc) is 2.99. The second kappa shape index (κ2) is 33.9. The highest BCUT2D eigenvalue weighted by Gasteiger charge is 2.04. The molecule has 0 fully saturated rings. The van der Waals surface area contributed by atoms with Crippen LogP contribution in [0, 0.1) is 23.7 Å². The standard InChI is InChI=1S/C35H60N2O6/c1-2-3-4-5-6-7-8-9-10-11-12-13-14-15-16-17-18-19-20-21-22-23-24-33(38)36-27-29-42-31-32-43-30-28-37-34(39)25-26-35(40)41/h2-12,17-32H2,1H3,(H,36,38)(H,37,39)(H,40,41). The van der Waals surface area contributed by atoms with Gasteiger partial charge in [-0.1, -0.05) is 102 Å². The van der Waals surface area contributed by atoms with Crippen LogP contribution >= 0.6 is 0 Å². The van der Waals surface area contributed by atoms with E-state index in [1.165, 1.54) is 77.0 Å². The molecule has 0 aliphatic rings. The van der Waals surface area contributed by atoms with E-state index in [1.807, 2.05) is 0 Å². The van der Waals surface area contributed by atoms with Gasteiger partial charge in [0.1, 0.15) is 0 Å². The summed E-state index contributed by atoms with van der Waals surface area (Å²) in [5, 5.41) is 14.0. The number of carboxylic acid groups (broad SMARTS) is 1. The summed E-state index contributed by atoms with van der Waals surface area (Å²) in [7, 11) is 0. The van der Waals surface area contributed by atoms with Crippen LogP contribution in [0.1, 0.15) is 142 Å². The van der Waals surface area contributed by atoms with Crippen LogP contribution in [0.3, 0.4) is 0 Å². The van der Waals surface area contributed by atoms with Crippen molar-refractivity contribution in [2.45, 2.75) is 142 Å². The lowest BCUT2D eigenvalue weighted by Gasteiger charge is -2.08. The van der Waals surface area contributed by atoms with E-state index in [2.05, 4.69) is 41.2 Å². The van der Waals surface area contributed by atoms with Crippen LogP contribution in [0.15, 0.2) is 0 Å². The normalized spacial score (nSPS) is 10.3. The third kappa shape index (κ3) is 35.6. The first-order valence-electron chi connectivity index (χ1n) is 16.9. The van der Waals surface area contributed by atoms with Gasteiger partial charge in [0, 0.05) is 38.8 Å². The SMILES string of the molecule is CCCCCCCCCCCCC#CC#CCCCCCCCCC(=O)NCCOCCOCCNC(=O)CCC(=O)O. The molecule has 0 spiro atoms. The number of carbonyl (C=O) groups is 3. The Balaban J connectivity index is 3.34. The predicted molar refractivity (Wildman–Crippen MR) is 173 cm³/mol. The second-order valence-corrected chi connectivity index (χ2v) is 11.0. The lowest BCUT2D eigenvalue weighted by molar-refractivity contribution is -0.138. The van der Waals surface area contributed by atoms with Crippen LogP contribution in [-0.2, 0) is 23.9 Å². The molecule has 43 heavy (non-hydrogen) atoms. The molecule has 0 unspecified atom stereocenters. The maximum atomic E-state index is 11.9. The molecular weight excluding hydrogens is 544 g/mol. The molecule has 0 bridgehead atoms. The van der Waals surface area contributed by atoms with Gasteiger partial charge >= 0.3 is 5.97 Å². The molecule has 0 saturated heterocycles. The molecule has 0 radical (unpaired) electrons. The van der Waals surface area contributed by atoms with Gasteiger partial charge in [-0.2, -0.15) is 0 Å². The summed E-state index contributed by atoms with van der Waals surface area (Å²) in [5.41, 5.74) is 0. The summed E-state index contributed by atoms with van der Waals surface area (Å²) >= 11 is 0. The predicted octanol–water partition coefficient (Wildman–Crippen LogP) is 6.56. The van der Waals surface area contributed by atoms with Gasteiger partial charge in [-0.25, -0.2) is 0 Å². The Bertz CT molecular complexity index is 809. The Hall–Kier alpha value is -2.55. The van der Waals surface area contributed by atoms with Crippen LogP contribution < -0.4 is 10.6 Å². The number of ether oxygens (including phenoxy) is 2. The van der Waals surface area contributed by atoms with Crippen molar-refractivity contribution in [3.05, 3.63) is 0 Å². The van der Waals surface area contributed by atoms with Gasteiger partial charge in [-0.3, -0.25) is 14.4 Å². The summed E-state index contributed by atoms with van der Waals surface area (Å²) in [5.74, 6) is 11.1. The lowest BCUT2D eigenvalue weighted by Crippen LogP contribution is -2.28. The largest absolute Gasteiger partial charge is 0.481 e. The molecule has 8 nitrogen and oxygen atoms in total. The van der Waals surface area contributed by atoms with Gasteiger partial charge in [-0.15, -0.1) is 0 Å². The fraction of sp³-hybridized carbons (Fsp3) is 0.800. The number of carboxylic acids is 1. The van der Waals surface area contributed by atoms with E-state index in [9.17, 15) is 14.4 Å². The van der Waals surface area contributed by atoms with Crippen molar-refractivity contribution in [2.24, 2.45) is 0 Å². The molecule has 0 aromatic carbocycles. The molecule has 0 aromatic heterocycles. The van der Waals surface area contributed by atoms with Gasteiger partial charge in [-0.05, 0) is 31.1 Å². The molecule has 0 aliphatic carbocycles. The molecule has 2 amide bonds. The zero-order valence-corrected chi connectivity index (χ0v) is 27.1. The van der Waals surface area contributed by atoms with Crippen LogP contribution in [0.2, 0.25) is 0 Å². The molecule has 0 heterocycles. The van der Waals surface area contributed by atoms with Crippen LogP contribution in [0.25, 0.3) is 0 Å². The van der Waals surface area contributed by atoms with Crippen molar-refractivity contribution in [3.63, 3.8) is 0 Å². The molecule has 0 saturated carbocycles. The first-order chi connectivity index (χ1) is 21.1. The van der Waals surface area contributed by atoms with Gasteiger partial charge in [0.25, 0.3) is 0 Å². The van der Waals surface area contributed by atoms with Crippen molar-refractivity contribution < 1.29 is 29.0 Å². The van der Waals surface area contributed by atoms with Crippen LogP contribution in [-0.4, -0.2) is 62.4 Å². The van der Waals surface area contributed by atoms with E-state index >= 15 is 0 Å². The number of hydrogen-bond acceptors (Lipinski definition) is 5. The monoisotopic (exact) mass is 604 g/mol. The van der Waals surface area contributed by atoms with Gasteiger partial charge in [0.2, 0.25) is 11.8 Å². The molecule has 8 heteroatoms. The Morgan fingerprint density at radius 3 is 1.42 bits per heavy atom. The minimum atomic E-state index is -0.991. The van der Waals surface area contributed by atoms with E-state index in [0.29, 0.717) is 45.9 Å². The number of aliphatic carboxylic acids is 1. The van der Waals surface area contributed by atoms with E-state index in [-0.39, 0.29) is 24.7 Å². The highest BCUT2D eigenvalue weighted by Crippen LogP contribution is 2.11. The maximum Gasteiger partial charge on any atom is 0.303 e. The first kappa shape index (κ1) is 40.5. The Kier molecular flexibility index (Phi) is 31.9. The minimum absolute atomic E-state index is 0.0313. The van der Waals surface area contributed by atoms with Gasteiger partial charge in [0.15, 0.2) is 0 Å². The highest BCUT2D eigenvalue weighted by atomic mass is 16.5. The Morgan fingerprint density at radius 1 is 0.535 bits per heavy atom. The summed E-state index contributed by atoms with van der Waals surface area (Å²) < 4.78 is 10.8. The topological polar surface area (TPSA) is 114 Å². The smallest absolute Gasteiger partial charge is 0.303 e. The zero-order valence-electron chi connectivity index (χ0n) is 27.1. The van der Waals surface area contributed by atoms with Crippen molar-refractivity contribution in [1.82, 2.24) is 10.6 Å². The molecular formula is C35H60N2O6. The quantitative estimate of drug-likeness (QED) is 0.0633. The molecule has 3 N–H and O–H groups in total. The number of amides is 2. The van der Waals surface area contributed by atoms with Crippen molar-refractivity contribution in [2.75, 3.05) is 39.5 Å². The van der Waals surface area contributed by atoms with Crippen molar-refractivity contribution >= 4 is 17.8 Å². The summed E-state index contributed by atoms with van der Waals surface area (Å²) in [6.07, 6.45) is 22.3. The lowest BCUT2D eigenvalue weighted by atomic mass is 10.1. The average molecular weight is 605 g/mol. The Labute approximate surface area is 262 Å². The van der Waals surface area contributed by atoms with E-state index in [1.54, 1.807) is 0 Å². The number of nitrogens with one attached hydrogen (secondary N) is 2. The van der Waals surface area contributed by atoms with E-state index < -0.39 is 5.97 Å². The number of rotatable bonds is 30. The molecule has 0 atom stereocenters. The molecule has 0 aromatic rings. The summed E-state index contributed by atoms with van der Waals surface area (Å²) in [6, 6.07) is 0. The van der Waals surface area contributed by atoms with Crippen LogP contribution in [0.4, 0.5) is 0 Å². The van der Waals surface area contributed by atoms with Crippen LogP contribution in [0.5, 0.6) is 0 Å². The third-order valence-electron chi connectivity index (χ3n) is 6.93. The zero-order chi connectivity index (χ0) is 31.5. The summed E-state index contributed by atoms with van der Waals surface area (Å²) in [4.78, 5) is 33.7. The number of unbranched alkanes of at least 4 members (excludes halogenated alkanes) is 16. The fourth-order valence-corrected chi connectivity index (χ4v) is 4.36. The Morgan fingerprint density at radius 2 is 0.953 bits per heavy atom. The summed E-state index contributed by atoms with van der Waals surface area (Å²) in [6.45, 7) is 4.63. The van der Waals surface area contributed by atoms with E-state index in [4.69, 9.17) is 14.6 Å². The third-order valence-corrected chi connectivity index (χ3v) is 6.93. The molecule has 246 valence electrons.